The highest BCUT2D eigenvalue weighted by molar-refractivity contribution is 7.18. The summed E-state index contributed by atoms with van der Waals surface area (Å²) in [6, 6.07) is 0.0154. The fraction of sp³-hybridized carbons (Fsp3) is 0.529. The average molecular weight is 361 g/mol. The molecule has 1 N–H and O–H groups in total. The van der Waals surface area contributed by atoms with Gasteiger partial charge in [-0.15, -0.1) is 16.4 Å². The Hall–Kier alpha value is -2.22. The third-order valence-electron chi connectivity index (χ3n) is 4.13. The molecule has 0 fully saturated rings. The molecule has 0 saturated carbocycles. The first-order valence-corrected chi connectivity index (χ1v) is 9.20. The van der Waals surface area contributed by atoms with E-state index in [1.54, 1.807) is 15.7 Å². The number of aromatic nitrogens is 4. The van der Waals surface area contributed by atoms with E-state index in [4.69, 9.17) is 4.98 Å². The molecule has 0 bridgehead atoms. The van der Waals surface area contributed by atoms with Crippen LogP contribution in [0.4, 0.5) is 0 Å². The molecule has 0 radical (unpaired) electrons. The number of rotatable bonds is 4. The zero-order chi connectivity index (χ0) is 18.5. The SMILES string of the molecule is Cc1sc2nc(C(C)C)n3c(=O)n(CC(=O)NC(C)C)nc3c2c1C. The van der Waals surface area contributed by atoms with Crippen LogP contribution in [0.1, 0.15) is 49.9 Å². The lowest BCUT2D eigenvalue weighted by atomic mass is 10.2. The Morgan fingerprint density at radius 1 is 1.24 bits per heavy atom. The average Bonchev–Trinajstić information content (AvgIpc) is 2.96. The number of hydrogen-bond acceptors (Lipinski definition) is 5. The van der Waals surface area contributed by atoms with Crippen molar-refractivity contribution in [1.29, 1.82) is 0 Å². The fourth-order valence-electron chi connectivity index (χ4n) is 2.88. The molecule has 3 rings (SSSR count). The molecule has 0 aliphatic rings. The molecule has 3 aromatic heterocycles. The van der Waals surface area contributed by atoms with Crippen molar-refractivity contribution >= 4 is 33.1 Å². The minimum atomic E-state index is -0.324. The minimum absolute atomic E-state index is 0.0154. The summed E-state index contributed by atoms with van der Waals surface area (Å²) in [5.74, 6) is 0.507. The van der Waals surface area contributed by atoms with Gasteiger partial charge >= 0.3 is 5.69 Å². The number of nitrogens with zero attached hydrogens (tertiary/aromatic N) is 4. The van der Waals surface area contributed by atoms with E-state index in [9.17, 15) is 9.59 Å². The molecular formula is C17H23N5O2S. The molecule has 25 heavy (non-hydrogen) atoms. The highest BCUT2D eigenvalue weighted by Gasteiger charge is 2.21. The zero-order valence-corrected chi connectivity index (χ0v) is 16.2. The first-order valence-electron chi connectivity index (χ1n) is 8.39. The molecule has 3 heterocycles. The minimum Gasteiger partial charge on any atom is -0.352 e. The predicted octanol–water partition coefficient (Wildman–Crippen LogP) is 2.37. The van der Waals surface area contributed by atoms with E-state index >= 15 is 0 Å². The van der Waals surface area contributed by atoms with Gasteiger partial charge in [0.05, 0.1) is 5.39 Å². The van der Waals surface area contributed by atoms with Crippen molar-refractivity contribution in [3.8, 4) is 0 Å². The highest BCUT2D eigenvalue weighted by atomic mass is 32.1. The Kier molecular flexibility index (Phi) is 4.40. The van der Waals surface area contributed by atoms with Crippen molar-refractivity contribution in [2.45, 2.75) is 60.0 Å². The van der Waals surface area contributed by atoms with Crippen LogP contribution in [0.5, 0.6) is 0 Å². The van der Waals surface area contributed by atoms with Crippen LogP contribution < -0.4 is 11.0 Å². The molecule has 1 amide bonds. The molecule has 8 heteroatoms. The normalized spacial score (nSPS) is 12.0. The summed E-state index contributed by atoms with van der Waals surface area (Å²) in [4.78, 5) is 31.7. The molecule has 0 spiro atoms. The van der Waals surface area contributed by atoms with Gasteiger partial charge in [-0.3, -0.25) is 4.79 Å². The zero-order valence-electron chi connectivity index (χ0n) is 15.4. The maximum atomic E-state index is 12.9. The Balaban J connectivity index is 2.27. The van der Waals surface area contributed by atoms with E-state index in [1.165, 1.54) is 4.68 Å². The molecule has 7 nitrogen and oxygen atoms in total. The topological polar surface area (TPSA) is 81.3 Å². The molecular weight excluding hydrogens is 338 g/mol. The Labute approximate surface area is 149 Å². The monoisotopic (exact) mass is 361 g/mol. The van der Waals surface area contributed by atoms with Gasteiger partial charge in [0.2, 0.25) is 5.91 Å². The van der Waals surface area contributed by atoms with E-state index < -0.39 is 0 Å². The Bertz CT molecular complexity index is 1030. The summed E-state index contributed by atoms with van der Waals surface area (Å²) in [6.45, 7) is 11.7. The molecule has 134 valence electrons. The van der Waals surface area contributed by atoms with E-state index in [0.717, 1.165) is 20.7 Å². The molecule has 0 aliphatic carbocycles. The molecule has 0 aliphatic heterocycles. The van der Waals surface area contributed by atoms with E-state index in [0.29, 0.717) is 11.5 Å². The van der Waals surface area contributed by atoms with Crippen molar-refractivity contribution < 1.29 is 4.79 Å². The second kappa shape index (κ2) is 6.25. The van der Waals surface area contributed by atoms with Crippen LogP contribution in [0.15, 0.2) is 4.79 Å². The lowest BCUT2D eigenvalue weighted by molar-refractivity contribution is -0.122. The number of carbonyl (C=O) groups excluding carboxylic acids is 1. The van der Waals surface area contributed by atoms with Gasteiger partial charge in [-0.25, -0.2) is 18.9 Å². The largest absolute Gasteiger partial charge is 0.352 e. The van der Waals surface area contributed by atoms with Gasteiger partial charge in [-0.05, 0) is 33.3 Å². The van der Waals surface area contributed by atoms with Gasteiger partial charge < -0.3 is 5.32 Å². The number of carbonyl (C=O) groups is 1. The van der Waals surface area contributed by atoms with Crippen LogP contribution in [-0.4, -0.2) is 31.1 Å². The van der Waals surface area contributed by atoms with Crippen LogP contribution in [0.2, 0.25) is 0 Å². The van der Waals surface area contributed by atoms with Crippen LogP contribution in [-0.2, 0) is 11.3 Å². The van der Waals surface area contributed by atoms with Crippen molar-refractivity contribution in [2.24, 2.45) is 0 Å². The highest BCUT2D eigenvalue weighted by Crippen LogP contribution is 2.32. The van der Waals surface area contributed by atoms with Crippen LogP contribution >= 0.6 is 11.3 Å². The number of thiophene rings is 1. The fourth-order valence-corrected chi connectivity index (χ4v) is 3.91. The second-order valence-electron chi connectivity index (χ2n) is 6.91. The number of amides is 1. The van der Waals surface area contributed by atoms with Crippen molar-refractivity contribution in [3.05, 3.63) is 26.7 Å². The van der Waals surface area contributed by atoms with Crippen LogP contribution in [0.3, 0.4) is 0 Å². The summed E-state index contributed by atoms with van der Waals surface area (Å²) in [5, 5.41) is 8.16. The first kappa shape index (κ1) is 17.6. The van der Waals surface area contributed by atoms with E-state index in [1.807, 2.05) is 41.5 Å². The summed E-state index contributed by atoms with van der Waals surface area (Å²) >= 11 is 1.61. The number of nitrogens with one attached hydrogen (secondary N) is 1. The van der Waals surface area contributed by atoms with Crippen LogP contribution in [0.25, 0.3) is 15.9 Å². The van der Waals surface area contributed by atoms with Crippen molar-refractivity contribution in [3.63, 3.8) is 0 Å². The van der Waals surface area contributed by atoms with Gasteiger partial charge in [0.1, 0.15) is 17.2 Å². The van der Waals surface area contributed by atoms with Gasteiger partial charge in [-0.2, -0.15) is 0 Å². The lowest BCUT2D eigenvalue weighted by Gasteiger charge is -2.07. The third kappa shape index (κ3) is 2.95. The van der Waals surface area contributed by atoms with Gasteiger partial charge in [0.25, 0.3) is 0 Å². The van der Waals surface area contributed by atoms with Crippen molar-refractivity contribution in [1.82, 2.24) is 24.5 Å². The summed E-state index contributed by atoms with van der Waals surface area (Å²) in [6.07, 6.45) is 0. The molecule has 0 atom stereocenters. The summed E-state index contributed by atoms with van der Waals surface area (Å²) < 4.78 is 2.78. The summed E-state index contributed by atoms with van der Waals surface area (Å²) in [5.41, 5.74) is 1.34. The van der Waals surface area contributed by atoms with Crippen molar-refractivity contribution in [2.75, 3.05) is 0 Å². The van der Waals surface area contributed by atoms with Crippen LogP contribution in [0, 0.1) is 13.8 Å². The maximum absolute atomic E-state index is 12.9. The van der Waals surface area contributed by atoms with E-state index in [2.05, 4.69) is 10.4 Å². The van der Waals surface area contributed by atoms with Gasteiger partial charge in [0.15, 0.2) is 5.65 Å². The predicted molar refractivity (Wildman–Crippen MR) is 99.5 cm³/mol. The standard InChI is InChI=1S/C17H23N5O2S/c1-8(2)14-19-16-13(10(5)11(6)25-16)15-20-21(17(24)22(14)15)7-12(23)18-9(3)4/h8-9H,7H2,1-6H3,(H,18,23). The maximum Gasteiger partial charge on any atom is 0.352 e. The molecule has 0 aromatic carbocycles. The van der Waals surface area contributed by atoms with Gasteiger partial charge in [0, 0.05) is 16.8 Å². The Morgan fingerprint density at radius 2 is 1.92 bits per heavy atom. The second-order valence-corrected chi connectivity index (χ2v) is 8.11. The first-order chi connectivity index (χ1) is 11.7. The Morgan fingerprint density at radius 3 is 2.52 bits per heavy atom. The third-order valence-corrected chi connectivity index (χ3v) is 5.24. The lowest BCUT2D eigenvalue weighted by Crippen LogP contribution is -2.36. The van der Waals surface area contributed by atoms with Gasteiger partial charge in [-0.1, -0.05) is 13.8 Å². The quantitative estimate of drug-likeness (QED) is 0.773. The molecule has 0 unspecified atom stereocenters. The van der Waals surface area contributed by atoms with E-state index in [-0.39, 0.29) is 30.1 Å². The number of fused-ring (bicyclic) bond motifs is 3. The molecule has 3 aromatic rings. The number of hydrogen-bond donors (Lipinski definition) is 1. The number of aryl methyl sites for hydroxylation is 2. The molecule has 0 saturated heterocycles. The smallest absolute Gasteiger partial charge is 0.352 e. The summed E-state index contributed by atoms with van der Waals surface area (Å²) in [7, 11) is 0.